The molecule has 2 aliphatic rings. The Morgan fingerprint density at radius 3 is 2.65 bits per heavy atom. The van der Waals surface area contributed by atoms with Gasteiger partial charge in [0.2, 0.25) is 0 Å². The molecule has 2 heterocycles. The molecule has 2 aliphatic heterocycles. The van der Waals surface area contributed by atoms with Gasteiger partial charge in [0.1, 0.15) is 5.82 Å². The van der Waals surface area contributed by atoms with Crippen LogP contribution >= 0.6 is 15.9 Å². The van der Waals surface area contributed by atoms with Gasteiger partial charge in [-0.15, -0.1) is 0 Å². The number of hydrogen-bond donors (Lipinski definition) is 0. The van der Waals surface area contributed by atoms with E-state index in [-0.39, 0.29) is 17.8 Å². The first-order valence-electron chi connectivity index (χ1n) is 7.71. The van der Waals surface area contributed by atoms with E-state index < -0.39 is 0 Å². The van der Waals surface area contributed by atoms with E-state index in [1.54, 1.807) is 12.1 Å². The predicted octanol–water partition coefficient (Wildman–Crippen LogP) is 4.92. The molecule has 1 unspecified atom stereocenters. The zero-order chi connectivity index (χ0) is 16.0. The standard InChI is InChI=1S/C19H15BrFNO/c20-17(12-7-9-13(21)10-8-12)16-6-3-11-22-18(16)14-4-1-2-5-15(14)19(22)23/h1-2,4-5,7-10,18H,3,6,11H2/b17-16+. The van der Waals surface area contributed by atoms with Crippen LogP contribution in [0.2, 0.25) is 0 Å². The van der Waals surface area contributed by atoms with Gasteiger partial charge in [-0.05, 0) is 47.7 Å². The van der Waals surface area contributed by atoms with Crippen molar-refractivity contribution >= 4 is 26.3 Å². The maximum absolute atomic E-state index is 13.2. The van der Waals surface area contributed by atoms with E-state index in [0.717, 1.165) is 40.6 Å². The number of piperidine rings is 1. The summed E-state index contributed by atoms with van der Waals surface area (Å²) in [5.74, 6) is -0.132. The Hall–Kier alpha value is -1.94. The summed E-state index contributed by atoms with van der Waals surface area (Å²) in [4.78, 5) is 14.6. The van der Waals surface area contributed by atoms with Crippen molar-refractivity contribution in [1.82, 2.24) is 4.90 Å². The highest BCUT2D eigenvalue weighted by atomic mass is 79.9. The molecule has 4 heteroatoms. The second-order valence-electron chi connectivity index (χ2n) is 5.94. The van der Waals surface area contributed by atoms with Gasteiger partial charge in [0, 0.05) is 16.6 Å². The number of carbonyl (C=O) groups is 1. The Morgan fingerprint density at radius 1 is 1.13 bits per heavy atom. The lowest BCUT2D eigenvalue weighted by atomic mass is 9.90. The Labute approximate surface area is 142 Å². The average Bonchev–Trinajstić information content (AvgIpc) is 2.88. The lowest BCUT2D eigenvalue weighted by molar-refractivity contribution is 0.0722. The average molecular weight is 372 g/mol. The van der Waals surface area contributed by atoms with Crippen molar-refractivity contribution < 1.29 is 9.18 Å². The van der Waals surface area contributed by atoms with Gasteiger partial charge in [-0.3, -0.25) is 4.79 Å². The molecule has 116 valence electrons. The Balaban J connectivity index is 1.85. The van der Waals surface area contributed by atoms with Crippen LogP contribution < -0.4 is 0 Å². The van der Waals surface area contributed by atoms with Crippen molar-refractivity contribution in [2.45, 2.75) is 18.9 Å². The van der Waals surface area contributed by atoms with Gasteiger partial charge < -0.3 is 4.90 Å². The van der Waals surface area contributed by atoms with Crippen LogP contribution in [0.1, 0.15) is 40.4 Å². The van der Waals surface area contributed by atoms with Gasteiger partial charge in [0.15, 0.2) is 0 Å². The first-order chi connectivity index (χ1) is 11.2. The van der Waals surface area contributed by atoms with Crippen LogP contribution in [-0.4, -0.2) is 17.4 Å². The van der Waals surface area contributed by atoms with E-state index in [9.17, 15) is 9.18 Å². The highest BCUT2D eigenvalue weighted by Crippen LogP contribution is 2.46. The monoisotopic (exact) mass is 371 g/mol. The van der Waals surface area contributed by atoms with Crippen LogP contribution in [0.3, 0.4) is 0 Å². The summed E-state index contributed by atoms with van der Waals surface area (Å²) in [5.41, 5.74) is 4.02. The van der Waals surface area contributed by atoms with Crippen molar-refractivity contribution in [3.8, 4) is 0 Å². The van der Waals surface area contributed by atoms with Crippen molar-refractivity contribution in [2.24, 2.45) is 0 Å². The number of halogens is 2. The SMILES string of the molecule is O=C1c2ccccc2C2/C(=C(/Br)c3ccc(F)cc3)CCCN12. The summed E-state index contributed by atoms with van der Waals surface area (Å²) in [7, 11) is 0. The minimum atomic E-state index is -0.245. The number of benzene rings is 2. The van der Waals surface area contributed by atoms with Gasteiger partial charge in [-0.1, -0.05) is 46.3 Å². The Kier molecular flexibility index (Phi) is 3.57. The molecule has 1 fully saturated rings. The summed E-state index contributed by atoms with van der Waals surface area (Å²) in [6.45, 7) is 0.783. The molecule has 0 saturated carbocycles. The summed E-state index contributed by atoms with van der Waals surface area (Å²) >= 11 is 3.70. The second kappa shape index (κ2) is 5.60. The normalized spacial score (nSPS) is 21.9. The van der Waals surface area contributed by atoms with Gasteiger partial charge in [0.25, 0.3) is 5.91 Å². The molecule has 0 spiro atoms. The van der Waals surface area contributed by atoms with Crippen LogP contribution in [0.15, 0.2) is 54.1 Å². The van der Waals surface area contributed by atoms with Crippen LogP contribution in [-0.2, 0) is 0 Å². The first-order valence-corrected chi connectivity index (χ1v) is 8.50. The fraction of sp³-hybridized carbons (Fsp3) is 0.211. The Bertz CT molecular complexity index is 812. The van der Waals surface area contributed by atoms with Crippen molar-refractivity contribution in [2.75, 3.05) is 6.54 Å². The molecule has 0 aliphatic carbocycles. The minimum Gasteiger partial charge on any atom is -0.328 e. The molecule has 0 N–H and O–H groups in total. The van der Waals surface area contributed by atoms with Gasteiger partial charge in [-0.25, -0.2) is 4.39 Å². The molecule has 4 rings (SSSR count). The molecule has 2 nitrogen and oxygen atoms in total. The third-order valence-electron chi connectivity index (χ3n) is 4.61. The fourth-order valence-electron chi connectivity index (χ4n) is 3.56. The molecule has 1 amide bonds. The summed E-state index contributed by atoms with van der Waals surface area (Å²) in [6, 6.07) is 14.3. The van der Waals surface area contributed by atoms with Gasteiger partial charge in [-0.2, -0.15) is 0 Å². The number of amides is 1. The lowest BCUT2D eigenvalue weighted by Crippen LogP contribution is -2.33. The maximum atomic E-state index is 13.2. The Morgan fingerprint density at radius 2 is 1.87 bits per heavy atom. The molecule has 1 atom stereocenters. The largest absolute Gasteiger partial charge is 0.328 e. The molecule has 0 radical (unpaired) electrons. The summed E-state index contributed by atoms with van der Waals surface area (Å²) in [6.07, 6.45) is 1.88. The number of nitrogens with zero attached hydrogens (tertiary/aromatic N) is 1. The third kappa shape index (κ3) is 2.32. The molecular formula is C19H15BrFNO. The van der Waals surface area contributed by atoms with Crippen molar-refractivity contribution in [3.63, 3.8) is 0 Å². The van der Waals surface area contributed by atoms with E-state index >= 15 is 0 Å². The molecule has 0 bridgehead atoms. The summed E-state index contributed by atoms with van der Waals surface area (Å²) in [5, 5.41) is 0. The lowest BCUT2D eigenvalue weighted by Gasteiger charge is -2.33. The van der Waals surface area contributed by atoms with Gasteiger partial charge >= 0.3 is 0 Å². The van der Waals surface area contributed by atoms with Crippen LogP contribution in [0.25, 0.3) is 4.48 Å². The molecule has 2 aromatic rings. The van der Waals surface area contributed by atoms with E-state index in [1.165, 1.54) is 17.7 Å². The van der Waals surface area contributed by atoms with E-state index in [0.29, 0.717) is 0 Å². The van der Waals surface area contributed by atoms with Crippen molar-refractivity contribution in [3.05, 3.63) is 76.6 Å². The summed E-state index contributed by atoms with van der Waals surface area (Å²) < 4.78 is 14.1. The molecule has 23 heavy (non-hydrogen) atoms. The topological polar surface area (TPSA) is 20.3 Å². The fourth-order valence-corrected chi connectivity index (χ4v) is 4.24. The van der Waals surface area contributed by atoms with Crippen LogP contribution in [0.5, 0.6) is 0 Å². The van der Waals surface area contributed by atoms with Gasteiger partial charge in [0.05, 0.1) is 6.04 Å². The van der Waals surface area contributed by atoms with Crippen molar-refractivity contribution in [1.29, 1.82) is 0 Å². The smallest absolute Gasteiger partial charge is 0.254 e. The molecule has 1 saturated heterocycles. The molecular weight excluding hydrogens is 357 g/mol. The highest BCUT2D eigenvalue weighted by molar-refractivity contribution is 9.15. The van der Waals surface area contributed by atoms with Crippen LogP contribution in [0.4, 0.5) is 4.39 Å². The second-order valence-corrected chi connectivity index (χ2v) is 6.73. The highest BCUT2D eigenvalue weighted by Gasteiger charge is 2.41. The third-order valence-corrected chi connectivity index (χ3v) is 5.58. The molecule has 2 aromatic carbocycles. The number of fused-ring (bicyclic) bond motifs is 3. The van der Waals surface area contributed by atoms with E-state index in [2.05, 4.69) is 15.9 Å². The maximum Gasteiger partial charge on any atom is 0.254 e. The number of rotatable bonds is 1. The predicted molar refractivity (Wildman–Crippen MR) is 91.7 cm³/mol. The van der Waals surface area contributed by atoms with E-state index in [1.807, 2.05) is 29.2 Å². The quantitative estimate of drug-likeness (QED) is 0.696. The zero-order valence-corrected chi connectivity index (χ0v) is 14.0. The van der Waals surface area contributed by atoms with E-state index in [4.69, 9.17) is 0 Å². The minimum absolute atomic E-state index is 0.00752. The first kappa shape index (κ1) is 14.6. The van der Waals surface area contributed by atoms with Crippen LogP contribution in [0, 0.1) is 5.82 Å². The number of hydrogen-bond acceptors (Lipinski definition) is 1. The number of carbonyl (C=O) groups excluding carboxylic acids is 1. The zero-order valence-electron chi connectivity index (χ0n) is 12.4. The molecule has 0 aromatic heterocycles.